The van der Waals surface area contributed by atoms with Crippen LogP contribution in [0.25, 0.3) is 11.0 Å². The van der Waals surface area contributed by atoms with Gasteiger partial charge in [0.05, 0.1) is 17.6 Å². The van der Waals surface area contributed by atoms with Crippen LogP contribution in [0.15, 0.2) is 48.5 Å². The molecule has 0 radical (unpaired) electrons. The van der Waals surface area contributed by atoms with E-state index in [1.54, 1.807) is 0 Å². The van der Waals surface area contributed by atoms with Crippen molar-refractivity contribution in [3.8, 4) is 5.75 Å². The van der Waals surface area contributed by atoms with E-state index in [1.807, 2.05) is 32.0 Å². The number of imidazole rings is 1. The van der Waals surface area contributed by atoms with Gasteiger partial charge in [-0.3, -0.25) is 4.79 Å². The molecule has 0 spiro atoms. The van der Waals surface area contributed by atoms with E-state index in [1.165, 1.54) is 5.56 Å². The minimum absolute atomic E-state index is 0.00608. The molecule has 3 rings (SSSR count). The first-order valence-corrected chi connectivity index (χ1v) is 11.2. The second kappa shape index (κ2) is 9.99. The first kappa shape index (κ1) is 22.9. The smallest absolute Gasteiger partial charge is 0.222 e. The van der Waals surface area contributed by atoms with Crippen LogP contribution >= 0.6 is 0 Å². The summed E-state index contributed by atoms with van der Waals surface area (Å²) in [4.78, 5) is 16.7. The summed E-state index contributed by atoms with van der Waals surface area (Å²) in [5, 5.41) is 2.99. The summed E-state index contributed by atoms with van der Waals surface area (Å²) >= 11 is 0. The zero-order valence-electron chi connectivity index (χ0n) is 19.4. The first-order valence-electron chi connectivity index (χ1n) is 11.2. The number of hydrogen-bond acceptors (Lipinski definition) is 3. The number of carbonyl (C=O) groups excluding carboxylic acids is 1. The van der Waals surface area contributed by atoms with E-state index in [2.05, 4.69) is 61.0 Å². The molecule has 3 aromatic rings. The summed E-state index contributed by atoms with van der Waals surface area (Å²) in [5.74, 6) is 1.97. The van der Waals surface area contributed by atoms with Crippen molar-refractivity contribution in [1.82, 2.24) is 14.9 Å². The Morgan fingerprint density at radius 3 is 2.48 bits per heavy atom. The second-order valence-electron chi connectivity index (χ2n) is 9.34. The quantitative estimate of drug-likeness (QED) is 0.488. The second-order valence-corrected chi connectivity index (χ2v) is 9.34. The summed E-state index contributed by atoms with van der Waals surface area (Å²) in [7, 11) is 0. The predicted molar refractivity (Wildman–Crippen MR) is 127 cm³/mol. The van der Waals surface area contributed by atoms with Gasteiger partial charge in [-0.2, -0.15) is 0 Å². The molecule has 0 fully saturated rings. The number of ether oxygens (including phenoxy) is 1. The number of carbonyl (C=O) groups is 1. The average Bonchev–Trinajstić information content (AvgIpc) is 3.08. The van der Waals surface area contributed by atoms with Crippen molar-refractivity contribution < 1.29 is 9.53 Å². The third kappa shape index (κ3) is 6.09. The lowest BCUT2D eigenvalue weighted by atomic mass is 9.87. The van der Waals surface area contributed by atoms with Crippen molar-refractivity contribution in [3.05, 3.63) is 59.9 Å². The van der Waals surface area contributed by atoms with Gasteiger partial charge in [-0.15, -0.1) is 0 Å². The molecule has 31 heavy (non-hydrogen) atoms. The topological polar surface area (TPSA) is 56.2 Å². The molecular formula is C26H35N3O2. The zero-order valence-corrected chi connectivity index (χ0v) is 19.4. The maximum atomic E-state index is 11.9. The number of rotatable bonds is 9. The van der Waals surface area contributed by atoms with Crippen LogP contribution < -0.4 is 10.1 Å². The predicted octanol–water partition coefficient (Wildman–Crippen LogP) is 5.12. The number of hydrogen-bond donors (Lipinski definition) is 1. The lowest BCUT2D eigenvalue weighted by Gasteiger charge is -2.19. The molecule has 0 aliphatic heterocycles. The Bertz CT molecular complexity index is 998. The molecule has 0 aliphatic rings. The lowest BCUT2D eigenvalue weighted by Crippen LogP contribution is -2.30. The minimum Gasteiger partial charge on any atom is -0.494 e. The largest absolute Gasteiger partial charge is 0.494 e. The van der Waals surface area contributed by atoms with Crippen molar-refractivity contribution in [2.24, 2.45) is 5.92 Å². The zero-order chi connectivity index (χ0) is 22.4. The fraction of sp³-hybridized carbons (Fsp3) is 0.462. The summed E-state index contributed by atoms with van der Waals surface area (Å²) in [6.07, 6.45) is 1.59. The number of benzene rings is 2. The van der Waals surface area contributed by atoms with E-state index in [0.717, 1.165) is 35.6 Å². The van der Waals surface area contributed by atoms with Crippen molar-refractivity contribution in [1.29, 1.82) is 0 Å². The SMILES string of the molecule is CC(C)C(=O)NCCc1nc2ccccc2n1CCCOc1ccc(C(C)(C)C)cc1. The van der Waals surface area contributed by atoms with Crippen LogP contribution in [0.1, 0.15) is 52.4 Å². The van der Waals surface area contributed by atoms with Crippen molar-refractivity contribution in [3.63, 3.8) is 0 Å². The van der Waals surface area contributed by atoms with Crippen molar-refractivity contribution >= 4 is 16.9 Å². The minimum atomic E-state index is -0.00608. The number of aromatic nitrogens is 2. The molecule has 1 amide bonds. The summed E-state index contributed by atoms with van der Waals surface area (Å²) in [6.45, 7) is 12.5. The van der Waals surface area contributed by atoms with Gasteiger partial charge in [0.1, 0.15) is 11.6 Å². The van der Waals surface area contributed by atoms with E-state index in [0.29, 0.717) is 19.6 Å². The molecular weight excluding hydrogens is 386 g/mol. The molecule has 166 valence electrons. The maximum absolute atomic E-state index is 11.9. The molecule has 0 aliphatic carbocycles. The Kier molecular flexibility index (Phi) is 7.37. The summed E-state index contributed by atoms with van der Waals surface area (Å²) in [5.41, 5.74) is 3.57. The van der Waals surface area contributed by atoms with E-state index in [4.69, 9.17) is 9.72 Å². The van der Waals surface area contributed by atoms with Gasteiger partial charge in [0, 0.05) is 25.4 Å². The third-order valence-electron chi connectivity index (χ3n) is 5.42. The molecule has 1 aromatic heterocycles. The number of nitrogens with zero attached hydrogens (tertiary/aromatic N) is 2. The van der Waals surface area contributed by atoms with E-state index < -0.39 is 0 Å². The van der Waals surface area contributed by atoms with Gasteiger partial charge in [-0.25, -0.2) is 4.98 Å². The Labute approximate surface area is 185 Å². The molecule has 0 unspecified atom stereocenters. The maximum Gasteiger partial charge on any atom is 0.222 e. The molecule has 5 heteroatoms. The van der Waals surface area contributed by atoms with Gasteiger partial charge in [-0.05, 0) is 41.7 Å². The molecule has 0 saturated carbocycles. The molecule has 2 aromatic carbocycles. The van der Waals surface area contributed by atoms with E-state index >= 15 is 0 Å². The molecule has 5 nitrogen and oxygen atoms in total. The average molecular weight is 422 g/mol. The Morgan fingerprint density at radius 1 is 1.10 bits per heavy atom. The Balaban J connectivity index is 1.59. The van der Waals surface area contributed by atoms with Crippen LogP contribution in [0.5, 0.6) is 5.75 Å². The van der Waals surface area contributed by atoms with Gasteiger partial charge >= 0.3 is 0 Å². The summed E-state index contributed by atoms with van der Waals surface area (Å²) in [6, 6.07) is 16.6. The van der Waals surface area contributed by atoms with Gasteiger partial charge < -0.3 is 14.6 Å². The summed E-state index contributed by atoms with van der Waals surface area (Å²) < 4.78 is 8.22. The van der Waals surface area contributed by atoms with Crippen molar-refractivity contribution in [2.45, 2.75) is 59.4 Å². The van der Waals surface area contributed by atoms with Gasteiger partial charge in [0.25, 0.3) is 0 Å². The first-order chi connectivity index (χ1) is 14.8. The highest BCUT2D eigenvalue weighted by atomic mass is 16.5. The number of para-hydroxylation sites is 2. The van der Waals surface area contributed by atoms with Crippen LogP contribution in [-0.2, 0) is 23.2 Å². The fourth-order valence-corrected chi connectivity index (χ4v) is 3.53. The number of fused-ring (bicyclic) bond motifs is 1. The highest BCUT2D eigenvalue weighted by Crippen LogP contribution is 2.24. The molecule has 0 saturated heterocycles. The van der Waals surface area contributed by atoms with Crippen LogP contribution in [0.3, 0.4) is 0 Å². The number of aryl methyl sites for hydroxylation is 1. The highest BCUT2D eigenvalue weighted by Gasteiger charge is 2.14. The van der Waals surface area contributed by atoms with E-state index in [-0.39, 0.29) is 17.2 Å². The highest BCUT2D eigenvalue weighted by molar-refractivity contribution is 5.78. The standard InChI is InChI=1S/C26H35N3O2/c1-19(2)25(30)27-16-15-24-28-22-9-6-7-10-23(22)29(24)17-8-18-31-21-13-11-20(12-14-21)26(3,4)5/h6-7,9-14,19H,8,15-18H2,1-5H3,(H,27,30). The lowest BCUT2D eigenvalue weighted by molar-refractivity contribution is -0.123. The van der Waals surface area contributed by atoms with Crippen LogP contribution in [-0.4, -0.2) is 28.6 Å². The van der Waals surface area contributed by atoms with Crippen LogP contribution in [0, 0.1) is 5.92 Å². The van der Waals surface area contributed by atoms with Crippen molar-refractivity contribution in [2.75, 3.05) is 13.2 Å². The Morgan fingerprint density at radius 2 is 1.81 bits per heavy atom. The number of amides is 1. The normalized spacial score (nSPS) is 11.8. The number of nitrogens with one attached hydrogen (secondary N) is 1. The van der Waals surface area contributed by atoms with E-state index in [9.17, 15) is 4.79 Å². The van der Waals surface area contributed by atoms with Crippen LogP contribution in [0.2, 0.25) is 0 Å². The van der Waals surface area contributed by atoms with Gasteiger partial charge in [0.2, 0.25) is 5.91 Å². The van der Waals surface area contributed by atoms with Crippen LogP contribution in [0.4, 0.5) is 0 Å². The monoisotopic (exact) mass is 421 g/mol. The Hall–Kier alpha value is -2.82. The molecule has 1 N–H and O–H groups in total. The fourth-order valence-electron chi connectivity index (χ4n) is 3.53. The third-order valence-corrected chi connectivity index (χ3v) is 5.42. The molecule has 0 atom stereocenters. The molecule has 1 heterocycles. The van der Waals surface area contributed by atoms with Gasteiger partial charge in [0.15, 0.2) is 0 Å². The molecule has 0 bridgehead atoms. The van der Waals surface area contributed by atoms with Gasteiger partial charge in [-0.1, -0.05) is 58.9 Å².